The standard InChI is InChI=1S/C13H18N2O2S/c1-8(6-16)7-18-12-5-11-9(4-10(12)14)2-3-13(17)15-11/h4-5,8,16H,2-3,6-7,14H2,1H3,(H,15,17). The first-order chi connectivity index (χ1) is 8.60. The molecular weight excluding hydrogens is 248 g/mol. The van der Waals surface area contributed by atoms with Crippen molar-refractivity contribution in [2.24, 2.45) is 5.92 Å². The molecule has 0 spiro atoms. The summed E-state index contributed by atoms with van der Waals surface area (Å²) in [5.41, 5.74) is 8.74. The van der Waals surface area contributed by atoms with Gasteiger partial charge >= 0.3 is 0 Å². The highest BCUT2D eigenvalue weighted by Crippen LogP contribution is 2.34. The molecule has 0 aromatic heterocycles. The molecule has 0 saturated carbocycles. The quantitative estimate of drug-likeness (QED) is 0.574. The zero-order chi connectivity index (χ0) is 13.1. The molecular formula is C13H18N2O2S. The molecule has 1 unspecified atom stereocenters. The van der Waals surface area contributed by atoms with Gasteiger partial charge in [0.15, 0.2) is 0 Å². The Morgan fingerprint density at radius 3 is 3.00 bits per heavy atom. The molecule has 5 heteroatoms. The van der Waals surface area contributed by atoms with Gasteiger partial charge in [0.25, 0.3) is 0 Å². The van der Waals surface area contributed by atoms with Gasteiger partial charge in [-0.1, -0.05) is 6.92 Å². The second-order valence-corrected chi connectivity index (χ2v) is 5.76. The number of carbonyl (C=O) groups excluding carboxylic acids is 1. The molecule has 18 heavy (non-hydrogen) atoms. The molecule has 1 aliphatic heterocycles. The lowest BCUT2D eigenvalue weighted by Gasteiger charge is -2.19. The first-order valence-corrected chi connectivity index (χ1v) is 7.04. The SMILES string of the molecule is CC(CO)CSc1cc2c(cc1N)CCC(=O)N2. The number of rotatable bonds is 4. The Labute approximate surface area is 111 Å². The van der Waals surface area contributed by atoms with Crippen molar-refractivity contribution in [1.82, 2.24) is 0 Å². The van der Waals surface area contributed by atoms with Crippen LogP contribution in [0.2, 0.25) is 0 Å². The summed E-state index contributed by atoms with van der Waals surface area (Å²) in [5, 5.41) is 11.9. The van der Waals surface area contributed by atoms with Crippen LogP contribution >= 0.6 is 11.8 Å². The molecule has 0 saturated heterocycles. The minimum absolute atomic E-state index is 0.0620. The average molecular weight is 266 g/mol. The summed E-state index contributed by atoms with van der Waals surface area (Å²) in [7, 11) is 0. The van der Waals surface area contributed by atoms with Gasteiger partial charge in [0.05, 0.1) is 0 Å². The van der Waals surface area contributed by atoms with E-state index in [9.17, 15) is 4.79 Å². The average Bonchev–Trinajstić information content (AvgIpc) is 2.36. The summed E-state index contributed by atoms with van der Waals surface area (Å²) in [6.07, 6.45) is 1.28. The first kappa shape index (κ1) is 13.2. The molecule has 4 nitrogen and oxygen atoms in total. The van der Waals surface area contributed by atoms with E-state index in [1.54, 1.807) is 11.8 Å². The second-order valence-electron chi connectivity index (χ2n) is 4.69. The Kier molecular flexibility index (Phi) is 4.14. The van der Waals surface area contributed by atoms with E-state index in [0.717, 1.165) is 34.0 Å². The maximum atomic E-state index is 11.4. The molecule has 1 amide bonds. The van der Waals surface area contributed by atoms with Gasteiger partial charge in [0, 0.05) is 35.1 Å². The molecule has 1 aromatic carbocycles. The van der Waals surface area contributed by atoms with Gasteiger partial charge in [-0.3, -0.25) is 4.79 Å². The fraction of sp³-hybridized carbons (Fsp3) is 0.462. The van der Waals surface area contributed by atoms with Gasteiger partial charge in [-0.15, -0.1) is 11.8 Å². The van der Waals surface area contributed by atoms with E-state index in [0.29, 0.717) is 6.42 Å². The van der Waals surface area contributed by atoms with Crippen molar-refractivity contribution in [1.29, 1.82) is 0 Å². The lowest BCUT2D eigenvalue weighted by atomic mass is 10.0. The topological polar surface area (TPSA) is 75.3 Å². The van der Waals surface area contributed by atoms with Crippen molar-refractivity contribution < 1.29 is 9.90 Å². The first-order valence-electron chi connectivity index (χ1n) is 6.06. The number of hydrogen-bond donors (Lipinski definition) is 3. The summed E-state index contributed by atoms with van der Waals surface area (Å²) in [4.78, 5) is 12.3. The van der Waals surface area contributed by atoms with Gasteiger partial charge < -0.3 is 16.2 Å². The van der Waals surface area contributed by atoms with Crippen LogP contribution in [-0.4, -0.2) is 23.4 Å². The number of aliphatic hydroxyl groups is 1. The van der Waals surface area contributed by atoms with Crippen molar-refractivity contribution in [2.45, 2.75) is 24.7 Å². The Morgan fingerprint density at radius 2 is 2.28 bits per heavy atom. The van der Waals surface area contributed by atoms with E-state index in [-0.39, 0.29) is 18.4 Å². The number of nitrogens with two attached hydrogens (primary N) is 1. The highest BCUT2D eigenvalue weighted by molar-refractivity contribution is 7.99. The number of amides is 1. The lowest BCUT2D eigenvalue weighted by Crippen LogP contribution is -2.19. The maximum absolute atomic E-state index is 11.4. The summed E-state index contributed by atoms with van der Waals surface area (Å²) >= 11 is 1.62. The number of aliphatic hydroxyl groups excluding tert-OH is 1. The highest BCUT2D eigenvalue weighted by atomic mass is 32.2. The van der Waals surface area contributed by atoms with Gasteiger partial charge in [-0.05, 0) is 30.0 Å². The number of nitrogens with one attached hydrogen (secondary N) is 1. The molecule has 0 fully saturated rings. The largest absolute Gasteiger partial charge is 0.398 e. The smallest absolute Gasteiger partial charge is 0.224 e. The van der Waals surface area contributed by atoms with Crippen LogP contribution in [-0.2, 0) is 11.2 Å². The summed E-state index contributed by atoms with van der Waals surface area (Å²) in [5.74, 6) is 1.11. The van der Waals surface area contributed by atoms with Crippen molar-refractivity contribution in [3.05, 3.63) is 17.7 Å². The molecule has 0 bridgehead atoms. The number of carbonyl (C=O) groups is 1. The summed E-state index contributed by atoms with van der Waals surface area (Å²) < 4.78 is 0. The van der Waals surface area contributed by atoms with Gasteiger partial charge in [-0.2, -0.15) is 0 Å². The van der Waals surface area contributed by atoms with E-state index in [4.69, 9.17) is 10.8 Å². The van der Waals surface area contributed by atoms with Gasteiger partial charge in [0.2, 0.25) is 5.91 Å². The van der Waals surface area contributed by atoms with Gasteiger partial charge in [-0.25, -0.2) is 0 Å². The van der Waals surface area contributed by atoms with E-state index in [1.165, 1.54) is 0 Å². The Morgan fingerprint density at radius 1 is 1.50 bits per heavy atom. The fourth-order valence-corrected chi connectivity index (χ4v) is 2.83. The van der Waals surface area contributed by atoms with Gasteiger partial charge in [0.1, 0.15) is 0 Å². The summed E-state index contributed by atoms with van der Waals surface area (Å²) in [6.45, 7) is 2.16. The number of benzene rings is 1. The van der Waals surface area contributed by atoms with E-state index in [1.807, 2.05) is 19.1 Å². The predicted molar refractivity (Wildman–Crippen MR) is 74.8 cm³/mol. The molecule has 1 atom stereocenters. The van der Waals surface area contributed by atoms with Crippen LogP contribution < -0.4 is 11.1 Å². The van der Waals surface area contributed by atoms with Crippen molar-refractivity contribution >= 4 is 29.0 Å². The Bertz CT molecular complexity index is 463. The molecule has 1 heterocycles. The highest BCUT2D eigenvalue weighted by Gasteiger charge is 2.17. The number of aryl methyl sites for hydroxylation is 1. The second kappa shape index (κ2) is 5.63. The molecule has 0 aliphatic carbocycles. The predicted octanol–water partition coefficient (Wildman–Crippen LogP) is 1.87. The molecule has 0 radical (unpaired) electrons. The number of hydrogen-bond acceptors (Lipinski definition) is 4. The van der Waals surface area contributed by atoms with Crippen molar-refractivity contribution in [2.75, 3.05) is 23.4 Å². The van der Waals surface area contributed by atoms with Crippen LogP contribution in [0.1, 0.15) is 18.9 Å². The third-order valence-corrected chi connectivity index (χ3v) is 4.37. The third kappa shape index (κ3) is 2.97. The Hall–Kier alpha value is -1.20. The Balaban J connectivity index is 2.16. The van der Waals surface area contributed by atoms with Crippen LogP contribution in [0, 0.1) is 5.92 Å². The monoisotopic (exact) mass is 266 g/mol. The van der Waals surface area contributed by atoms with E-state index in [2.05, 4.69) is 5.32 Å². The number of thioether (sulfide) groups is 1. The number of anilines is 2. The third-order valence-electron chi connectivity index (χ3n) is 2.97. The van der Waals surface area contributed by atoms with Crippen LogP contribution in [0.25, 0.3) is 0 Å². The number of fused-ring (bicyclic) bond motifs is 1. The minimum atomic E-state index is 0.0620. The lowest BCUT2D eigenvalue weighted by molar-refractivity contribution is -0.116. The number of nitrogen functional groups attached to an aromatic ring is 1. The zero-order valence-corrected chi connectivity index (χ0v) is 11.2. The summed E-state index contributed by atoms with van der Waals surface area (Å²) in [6, 6.07) is 3.89. The normalized spacial score (nSPS) is 16.0. The van der Waals surface area contributed by atoms with Crippen molar-refractivity contribution in [3.8, 4) is 0 Å². The molecule has 1 aliphatic rings. The molecule has 1 aromatic rings. The zero-order valence-electron chi connectivity index (χ0n) is 10.4. The minimum Gasteiger partial charge on any atom is -0.398 e. The molecule has 4 N–H and O–H groups in total. The molecule has 2 rings (SSSR count). The van der Waals surface area contributed by atoms with E-state index < -0.39 is 0 Å². The van der Waals surface area contributed by atoms with Crippen LogP contribution in [0.3, 0.4) is 0 Å². The fourth-order valence-electron chi connectivity index (χ4n) is 1.84. The molecule has 98 valence electrons. The van der Waals surface area contributed by atoms with Crippen LogP contribution in [0.15, 0.2) is 17.0 Å². The van der Waals surface area contributed by atoms with Crippen molar-refractivity contribution in [3.63, 3.8) is 0 Å². The van der Waals surface area contributed by atoms with Crippen LogP contribution in [0.4, 0.5) is 11.4 Å². The van der Waals surface area contributed by atoms with Crippen LogP contribution in [0.5, 0.6) is 0 Å². The van der Waals surface area contributed by atoms with E-state index >= 15 is 0 Å². The maximum Gasteiger partial charge on any atom is 0.224 e.